The molecule has 1 aliphatic heterocycles. The Morgan fingerprint density at radius 2 is 2.31 bits per heavy atom. The van der Waals surface area contributed by atoms with Crippen LogP contribution in [0.5, 0.6) is 0 Å². The maximum Gasteiger partial charge on any atom is 0.240 e. The zero-order valence-electron chi connectivity index (χ0n) is 8.80. The molecule has 0 aromatic carbocycles. The number of nitrogens with zero attached hydrogens (tertiary/aromatic N) is 4. The summed E-state index contributed by atoms with van der Waals surface area (Å²) in [6.07, 6.45) is 1.90. The molecule has 0 bridgehead atoms. The summed E-state index contributed by atoms with van der Waals surface area (Å²) < 4.78 is 3.57. The average Bonchev–Trinajstić information content (AvgIpc) is 2.74. The SMILES string of the molecule is NC1CCN(CC(=O)Nc2nnns2)CC1. The van der Waals surface area contributed by atoms with E-state index in [4.69, 9.17) is 5.73 Å². The van der Waals surface area contributed by atoms with Crippen molar-refractivity contribution < 1.29 is 4.79 Å². The van der Waals surface area contributed by atoms with E-state index in [2.05, 4.69) is 25.0 Å². The van der Waals surface area contributed by atoms with Gasteiger partial charge in [-0.1, -0.05) is 9.59 Å². The van der Waals surface area contributed by atoms with Gasteiger partial charge in [-0.2, -0.15) is 0 Å². The van der Waals surface area contributed by atoms with E-state index in [1.165, 1.54) is 0 Å². The molecule has 3 N–H and O–H groups in total. The molecule has 1 saturated heterocycles. The van der Waals surface area contributed by atoms with Crippen LogP contribution in [0.3, 0.4) is 0 Å². The highest BCUT2D eigenvalue weighted by molar-refractivity contribution is 7.09. The first-order valence-corrected chi connectivity index (χ1v) is 5.94. The summed E-state index contributed by atoms with van der Waals surface area (Å²) in [4.78, 5) is 13.7. The smallest absolute Gasteiger partial charge is 0.240 e. The molecule has 0 atom stereocenters. The van der Waals surface area contributed by atoms with Crippen molar-refractivity contribution in [3.05, 3.63) is 0 Å². The van der Waals surface area contributed by atoms with Crippen molar-refractivity contribution in [1.82, 2.24) is 19.7 Å². The predicted octanol–water partition coefficient (Wildman–Crippen LogP) is -0.705. The summed E-state index contributed by atoms with van der Waals surface area (Å²) in [5.74, 6) is -0.0750. The van der Waals surface area contributed by atoms with Crippen molar-refractivity contribution in [1.29, 1.82) is 0 Å². The highest BCUT2D eigenvalue weighted by Gasteiger charge is 2.18. The topological polar surface area (TPSA) is 97.0 Å². The fraction of sp³-hybridized carbons (Fsp3) is 0.750. The number of nitrogens with two attached hydrogens (primary N) is 1. The van der Waals surface area contributed by atoms with Crippen LogP contribution in [0, 0.1) is 0 Å². The monoisotopic (exact) mass is 242 g/mol. The third-order valence-electron chi connectivity index (χ3n) is 2.55. The van der Waals surface area contributed by atoms with Gasteiger partial charge in [0.15, 0.2) is 0 Å². The standard InChI is InChI=1S/C8H14N6OS/c9-6-1-3-14(4-2-6)5-7(15)10-8-11-12-13-16-8/h6H,1-5,9H2,(H,10,11,13,15). The third kappa shape index (κ3) is 3.19. The van der Waals surface area contributed by atoms with Crippen LogP contribution in [0.1, 0.15) is 12.8 Å². The summed E-state index contributed by atoms with van der Waals surface area (Å²) in [6, 6.07) is 0.284. The highest BCUT2D eigenvalue weighted by Crippen LogP contribution is 2.09. The van der Waals surface area contributed by atoms with Gasteiger partial charge < -0.3 is 5.73 Å². The van der Waals surface area contributed by atoms with Gasteiger partial charge in [-0.3, -0.25) is 15.0 Å². The maximum absolute atomic E-state index is 11.6. The lowest BCUT2D eigenvalue weighted by atomic mass is 10.1. The molecule has 0 spiro atoms. The van der Waals surface area contributed by atoms with Crippen molar-refractivity contribution >= 4 is 22.6 Å². The third-order valence-corrected chi connectivity index (χ3v) is 3.06. The molecule has 88 valence electrons. The van der Waals surface area contributed by atoms with E-state index in [1.807, 2.05) is 0 Å². The van der Waals surface area contributed by atoms with E-state index < -0.39 is 0 Å². The van der Waals surface area contributed by atoms with Crippen LogP contribution >= 0.6 is 11.5 Å². The van der Waals surface area contributed by atoms with Crippen molar-refractivity contribution in [3.63, 3.8) is 0 Å². The molecule has 16 heavy (non-hydrogen) atoms. The molecular formula is C8H14N6OS. The molecule has 1 aromatic rings. The van der Waals surface area contributed by atoms with Crippen molar-refractivity contribution in [3.8, 4) is 0 Å². The minimum Gasteiger partial charge on any atom is -0.328 e. The van der Waals surface area contributed by atoms with Crippen molar-refractivity contribution in [2.75, 3.05) is 25.0 Å². The molecule has 2 rings (SSSR count). The molecule has 7 nitrogen and oxygen atoms in total. The lowest BCUT2D eigenvalue weighted by molar-refractivity contribution is -0.117. The molecule has 8 heteroatoms. The molecule has 1 aliphatic rings. The minimum absolute atomic E-state index is 0.0750. The number of aromatic nitrogens is 3. The first-order valence-electron chi connectivity index (χ1n) is 5.17. The van der Waals surface area contributed by atoms with E-state index in [-0.39, 0.29) is 11.9 Å². The summed E-state index contributed by atoms with van der Waals surface area (Å²) in [5, 5.41) is 10.1. The van der Waals surface area contributed by atoms with Gasteiger partial charge in [0, 0.05) is 30.7 Å². The van der Waals surface area contributed by atoms with E-state index in [1.54, 1.807) is 0 Å². The van der Waals surface area contributed by atoms with Gasteiger partial charge in [0.2, 0.25) is 11.0 Å². The Bertz CT molecular complexity index is 334. The quantitative estimate of drug-likeness (QED) is 0.727. The van der Waals surface area contributed by atoms with Crippen LogP contribution in [0.2, 0.25) is 0 Å². The fourth-order valence-corrected chi connectivity index (χ4v) is 2.04. The summed E-state index contributed by atoms with van der Waals surface area (Å²) in [6.45, 7) is 2.14. The minimum atomic E-state index is -0.0750. The Hall–Kier alpha value is -1.12. The van der Waals surface area contributed by atoms with E-state index >= 15 is 0 Å². The number of carbonyl (C=O) groups is 1. The van der Waals surface area contributed by atoms with Gasteiger partial charge in [-0.15, -0.1) is 0 Å². The molecule has 1 fully saturated rings. The van der Waals surface area contributed by atoms with Crippen LogP contribution in [0.15, 0.2) is 0 Å². The summed E-state index contributed by atoms with van der Waals surface area (Å²) >= 11 is 1.07. The van der Waals surface area contributed by atoms with Gasteiger partial charge in [0.25, 0.3) is 0 Å². The van der Waals surface area contributed by atoms with Crippen molar-refractivity contribution in [2.45, 2.75) is 18.9 Å². The number of piperidine rings is 1. The predicted molar refractivity (Wildman–Crippen MR) is 60.0 cm³/mol. The van der Waals surface area contributed by atoms with Crippen LogP contribution in [0.25, 0.3) is 0 Å². The van der Waals surface area contributed by atoms with Gasteiger partial charge >= 0.3 is 0 Å². The Labute approximate surface area is 97.2 Å². The number of hydrogen-bond acceptors (Lipinski definition) is 7. The number of carbonyl (C=O) groups excluding carboxylic acids is 1. The number of amides is 1. The molecule has 2 heterocycles. The first kappa shape index (κ1) is 11.4. The second-order valence-electron chi connectivity index (χ2n) is 3.83. The van der Waals surface area contributed by atoms with E-state index in [0.717, 1.165) is 37.5 Å². The highest BCUT2D eigenvalue weighted by atomic mass is 32.1. The molecule has 0 aliphatic carbocycles. The Balaban J connectivity index is 1.75. The number of nitrogens with one attached hydrogen (secondary N) is 1. The van der Waals surface area contributed by atoms with Crippen LogP contribution < -0.4 is 11.1 Å². The first-order chi connectivity index (χ1) is 7.74. The number of anilines is 1. The Kier molecular flexibility index (Phi) is 3.75. The molecular weight excluding hydrogens is 228 g/mol. The average molecular weight is 242 g/mol. The summed E-state index contributed by atoms with van der Waals surface area (Å²) in [5.41, 5.74) is 5.79. The van der Waals surface area contributed by atoms with Gasteiger partial charge in [0.1, 0.15) is 0 Å². The Morgan fingerprint density at radius 1 is 1.56 bits per heavy atom. The van der Waals surface area contributed by atoms with E-state index in [9.17, 15) is 4.79 Å². The zero-order valence-corrected chi connectivity index (χ0v) is 9.61. The largest absolute Gasteiger partial charge is 0.328 e. The Morgan fingerprint density at radius 3 is 2.94 bits per heavy atom. The molecule has 0 unspecified atom stereocenters. The maximum atomic E-state index is 11.6. The summed E-state index contributed by atoms with van der Waals surface area (Å²) in [7, 11) is 0. The number of rotatable bonds is 3. The molecule has 0 radical (unpaired) electrons. The fourth-order valence-electron chi connectivity index (χ4n) is 1.65. The second kappa shape index (κ2) is 5.28. The lowest BCUT2D eigenvalue weighted by Crippen LogP contribution is -2.43. The van der Waals surface area contributed by atoms with Crippen molar-refractivity contribution in [2.24, 2.45) is 5.73 Å². The van der Waals surface area contributed by atoms with Crippen LogP contribution in [-0.4, -0.2) is 51.3 Å². The number of hydrogen-bond donors (Lipinski definition) is 2. The molecule has 1 aromatic heterocycles. The molecule has 0 saturated carbocycles. The van der Waals surface area contributed by atoms with Crippen LogP contribution in [0.4, 0.5) is 5.13 Å². The van der Waals surface area contributed by atoms with Gasteiger partial charge in [0.05, 0.1) is 6.54 Å². The number of likely N-dealkylation sites (tertiary alicyclic amines) is 1. The second-order valence-corrected chi connectivity index (χ2v) is 4.56. The zero-order chi connectivity index (χ0) is 11.4. The lowest BCUT2D eigenvalue weighted by Gasteiger charge is -2.29. The van der Waals surface area contributed by atoms with Gasteiger partial charge in [-0.25, -0.2) is 0 Å². The van der Waals surface area contributed by atoms with E-state index in [0.29, 0.717) is 11.7 Å². The van der Waals surface area contributed by atoms with Gasteiger partial charge in [-0.05, 0) is 18.1 Å². The molecule has 1 amide bonds. The normalized spacial score (nSPS) is 18.6. The van der Waals surface area contributed by atoms with Crippen LogP contribution in [-0.2, 0) is 4.79 Å².